The van der Waals surface area contributed by atoms with E-state index in [1.165, 1.54) is 0 Å². The van der Waals surface area contributed by atoms with Gasteiger partial charge in [0.05, 0.1) is 25.4 Å². The molecule has 2 heterocycles. The number of thiocarbonyl (C=S) groups is 1. The number of carbonyl (C=O) groups is 2. The molecule has 2 aromatic rings. The molecule has 1 N–H and O–H groups in total. The van der Waals surface area contributed by atoms with Crippen molar-refractivity contribution in [3.8, 4) is 11.5 Å². The number of piperidine rings is 1. The van der Waals surface area contributed by atoms with Crippen molar-refractivity contribution in [2.24, 2.45) is 0 Å². The largest absolute Gasteiger partial charge is 0.493 e. The van der Waals surface area contributed by atoms with Crippen LogP contribution in [-0.2, 0) is 46.8 Å². The van der Waals surface area contributed by atoms with Crippen molar-refractivity contribution < 1.29 is 47.5 Å². The highest BCUT2D eigenvalue weighted by molar-refractivity contribution is 7.80. The normalized spacial score (nSPS) is 19.1. The van der Waals surface area contributed by atoms with Crippen LogP contribution in [0.2, 0.25) is 6.04 Å². The third kappa shape index (κ3) is 12.0. The Morgan fingerprint density at radius 1 is 1.08 bits per heavy atom. The fourth-order valence-electron chi connectivity index (χ4n) is 6.23. The van der Waals surface area contributed by atoms with E-state index < -0.39 is 33.2 Å². The first-order valence-electron chi connectivity index (χ1n) is 18.0. The number of amides is 2. The van der Waals surface area contributed by atoms with Gasteiger partial charge in [0.2, 0.25) is 0 Å². The molecule has 52 heavy (non-hydrogen) atoms. The second-order valence-electron chi connectivity index (χ2n) is 14.2. The van der Waals surface area contributed by atoms with Gasteiger partial charge < -0.3 is 47.8 Å². The third-order valence-corrected chi connectivity index (χ3v) is 11.0. The molecule has 4 rings (SSSR count). The number of ether oxygens (including phenoxy) is 6. The van der Waals surface area contributed by atoms with E-state index in [2.05, 4.69) is 0 Å². The van der Waals surface area contributed by atoms with Crippen molar-refractivity contribution in [1.29, 1.82) is 0 Å². The summed E-state index contributed by atoms with van der Waals surface area (Å²) in [6.45, 7) is 10.5. The molecule has 14 heteroatoms. The van der Waals surface area contributed by atoms with Crippen LogP contribution in [0.5, 0.6) is 11.5 Å². The fraction of sp³-hybridized carbons (Fsp3) is 0.605. The van der Waals surface area contributed by atoms with Gasteiger partial charge in [-0.1, -0.05) is 24.4 Å². The summed E-state index contributed by atoms with van der Waals surface area (Å²) in [7, 11) is 2.49. The summed E-state index contributed by atoms with van der Waals surface area (Å²) in [5.74, 6) is 1.18. The zero-order chi connectivity index (χ0) is 37.7. The summed E-state index contributed by atoms with van der Waals surface area (Å²) in [6.07, 6.45) is 0.907. The minimum absolute atomic E-state index is 0.0238. The molecule has 2 aromatic carbocycles. The smallest absolute Gasteiger partial charge is 0.410 e. The van der Waals surface area contributed by atoms with E-state index in [9.17, 15) is 14.7 Å². The Morgan fingerprint density at radius 3 is 2.58 bits per heavy atom. The van der Waals surface area contributed by atoms with Gasteiger partial charge >= 0.3 is 6.09 Å². The molecule has 0 bridgehead atoms. The van der Waals surface area contributed by atoms with Gasteiger partial charge in [-0.25, -0.2) is 4.79 Å². The molecule has 2 amide bonds. The maximum atomic E-state index is 13.3. The molecule has 12 nitrogen and oxygen atoms in total. The summed E-state index contributed by atoms with van der Waals surface area (Å²) >= 11 is 5.24. The highest BCUT2D eigenvalue weighted by Crippen LogP contribution is 2.40. The molecule has 1 fully saturated rings. The van der Waals surface area contributed by atoms with Crippen LogP contribution in [0.15, 0.2) is 36.4 Å². The monoisotopic (exact) mass is 760 g/mol. The molecule has 0 spiro atoms. The molecular weight excluding hydrogens is 705 g/mol. The summed E-state index contributed by atoms with van der Waals surface area (Å²) in [4.78, 5) is 30.4. The highest BCUT2D eigenvalue weighted by Gasteiger charge is 2.47. The Morgan fingerprint density at radius 2 is 1.85 bits per heavy atom. The van der Waals surface area contributed by atoms with E-state index >= 15 is 0 Å². The number of benzene rings is 2. The van der Waals surface area contributed by atoms with Gasteiger partial charge in [-0.15, -0.1) is 0 Å². The molecule has 2 atom stereocenters. The van der Waals surface area contributed by atoms with E-state index in [1.54, 1.807) is 24.0 Å². The van der Waals surface area contributed by atoms with Crippen LogP contribution in [0.3, 0.4) is 0 Å². The van der Waals surface area contributed by atoms with Crippen LogP contribution in [0.25, 0.3) is 0 Å². The number of methoxy groups -OCH3 is 2. The summed E-state index contributed by atoms with van der Waals surface area (Å²) in [5.41, 5.74) is 0.905. The van der Waals surface area contributed by atoms with E-state index in [4.69, 9.17) is 45.1 Å². The van der Waals surface area contributed by atoms with Crippen LogP contribution in [0, 0.1) is 0 Å². The fourth-order valence-corrected chi connectivity index (χ4v) is 7.26. The van der Waals surface area contributed by atoms with Crippen LogP contribution in [-0.4, -0.2) is 115 Å². The zero-order valence-electron chi connectivity index (χ0n) is 31.6. The minimum Gasteiger partial charge on any atom is -0.493 e. The lowest BCUT2D eigenvalue weighted by atomic mass is 9.79. The van der Waals surface area contributed by atoms with Crippen molar-refractivity contribution in [3.05, 3.63) is 53.1 Å². The van der Waals surface area contributed by atoms with Crippen LogP contribution < -0.4 is 14.4 Å². The zero-order valence-corrected chi connectivity index (χ0v) is 33.8. The molecular formula is C38H56N2O10SSi. The molecule has 0 aromatic heterocycles. The lowest BCUT2D eigenvalue weighted by Crippen LogP contribution is -2.57. The second-order valence-corrected chi connectivity index (χ2v) is 16.2. The molecule has 0 unspecified atom stereocenters. The Labute approximate surface area is 315 Å². The van der Waals surface area contributed by atoms with E-state index in [-0.39, 0.29) is 38.6 Å². The number of aliphatic hydroxyl groups is 1. The number of fused-ring (bicyclic) bond motifs is 1. The lowest BCUT2D eigenvalue weighted by molar-refractivity contribution is -0.155. The first-order valence-corrected chi connectivity index (χ1v) is 20.0. The quantitative estimate of drug-likeness (QED) is 0.121. The van der Waals surface area contributed by atoms with Crippen LogP contribution in [0.4, 0.5) is 10.5 Å². The summed E-state index contributed by atoms with van der Waals surface area (Å²) in [6, 6.07) is 12.2. The molecule has 2 aliphatic rings. The van der Waals surface area contributed by atoms with Gasteiger partial charge in [0, 0.05) is 60.0 Å². The van der Waals surface area contributed by atoms with Crippen molar-refractivity contribution >= 4 is 44.5 Å². The average Bonchev–Trinajstić information content (AvgIpc) is 3.09. The van der Waals surface area contributed by atoms with Crippen molar-refractivity contribution in [2.45, 2.75) is 83.3 Å². The van der Waals surface area contributed by atoms with Crippen molar-refractivity contribution in [3.63, 3.8) is 0 Å². The van der Waals surface area contributed by atoms with Gasteiger partial charge in [-0.3, -0.25) is 4.79 Å². The minimum atomic E-state index is -1.45. The predicted molar refractivity (Wildman–Crippen MR) is 205 cm³/mol. The molecule has 288 valence electrons. The molecule has 1 saturated heterocycles. The molecule has 0 aliphatic carbocycles. The van der Waals surface area contributed by atoms with Gasteiger partial charge in [0.15, 0.2) is 16.4 Å². The maximum Gasteiger partial charge on any atom is 0.410 e. The Kier molecular flexibility index (Phi) is 15.9. The Bertz CT molecular complexity index is 1500. The SMILES string of the molecule is COCCCOc1ccc([C@@]2(O)CCN(C(=O)OC(C)(C)C)C[C@@H]2OCc2ccc3c(c2)N(CCCOC)C(=O)CO3)c(CCO[SiH2]CC(C)=S)c1. The van der Waals surface area contributed by atoms with Gasteiger partial charge in [0.25, 0.3) is 5.91 Å². The van der Waals surface area contributed by atoms with Crippen LogP contribution >= 0.6 is 12.2 Å². The number of hydrogen-bond acceptors (Lipinski definition) is 11. The summed E-state index contributed by atoms with van der Waals surface area (Å²) in [5, 5.41) is 12.7. The van der Waals surface area contributed by atoms with Gasteiger partial charge in [-0.05, 0) is 92.4 Å². The number of nitrogens with zero attached hydrogens (tertiary/aromatic N) is 2. The second kappa shape index (κ2) is 19.8. The first kappa shape index (κ1) is 41.6. The van der Waals surface area contributed by atoms with E-state index in [0.717, 1.165) is 28.5 Å². The van der Waals surface area contributed by atoms with Gasteiger partial charge in [0.1, 0.15) is 28.8 Å². The summed E-state index contributed by atoms with van der Waals surface area (Å²) < 4.78 is 40.5. The average molecular weight is 761 g/mol. The molecule has 0 saturated carbocycles. The third-order valence-electron chi connectivity index (χ3n) is 8.90. The molecule has 2 aliphatic heterocycles. The van der Waals surface area contributed by atoms with E-state index in [1.807, 2.05) is 64.1 Å². The van der Waals surface area contributed by atoms with Crippen LogP contribution in [0.1, 0.15) is 63.6 Å². The van der Waals surface area contributed by atoms with Crippen molar-refractivity contribution in [1.82, 2.24) is 4.90 Å². The topological polar surface area (TPSA) is 125 Å². The Hall–Kier alpha value is -3.11. The number of likely N-dealkylation sites (tertiary alicyclic amines) is 1. The number of hydrogen-bond donors (Lipinski definition) is 1. The van der Waals surface area contributed by atoms with Crippen molar-refractivity contribution in [2.75, 3.05) is 71.8 Å². The maximum absolute atomic E-state index is 13.3. The van der Waals surface area contributed by atoms with E-state index in [0.29, 0.717) is 68.6 Å². The standard InChI is InChI=1S/C38H56N2O10SSi/c1-27(51)26-52-49-20-13-29-22-30(46-19-8-18-45-6)10-11-31(29)38(43)14-16-39(36(42)50-37(2,3)4)23-34(38)48-24-28-9-12-33-32(21-28)40(15-7-17-44-5)35(41)25-47-33/h9-12,21-22,34,43H,7-8,13-20,23-26,52H2,1-6H3/t34-,38-/m0/s1. The number of anilines is 1. The number of rotatable bonds is 19. The first-order chi connectivity index (χ1) is 24.8. The number of carbonyl (C=O) groups excluding carboxylic acids is 2. The van der Waals surface area contributed by atoms with Gasteiger partial charge in [-0.2, -0.15) is 0 Å². The molecule has 0 radical (unpaired) electrons. The Balaban J connectivity index is 1.63. The highest BCUT2D eigenvalue weighted by atomic mass is 32.1. The predicted octanol–water partition coefficient (Wildman–Crippen LogP) is 4.73. The lowest BCUT2D eigenvalue weighted by Gasteiger charge is -2.45.